The Bertz CT molecular complexity index is 196. The van der Waals surface area contributed by atoms with Crippen molar-refractivity contribution in [1.29, 1.82) is 0 Å². The molecule has 0 bridgehead atoms. The van der Waals surface area contributed by atoms with E-state index >= 15 is 0 Å². The van der Waals surface area contributed by atoms with Gasteiger partial charge in [0.25, 0.3) is 0 Å². The normalized spacial score (nSPS) is 18.3. The van der Waals surface area contributed by atoms with E-state index in [1.165, 1.54) is 0 Å². The Morgan fingerprint density at radius 3 is 3.08 bits per heavy atom. The fraction of sp³-hybridized carbons (Fsp3) is 0.667. The van der Waals surface area contributed by atoms with Gasteiger partial charge < -0.3 is 9.47 Å². The molecule has 0 aromatic rings. The first kappa shape index (κ1) is 9.26. The molecule has 0 fully saturated rings. The van der Waals surface area contributed by atoms with E-state index in [0.717, 1.165) is 6.42 Å². The van der Waals surface area contributed by atoms with Crippen LogP contribution in [0.5, 0.6) is 0 Å². The van der Waals surface area contributed by atoms with Gasteiger partial charge in [0.1, 0.15) is 6.10 Å². The number of carbonyl (C=O) groups excluding carboxylic acids is 1. The quantitative estimate of drug-likeness (QED) is 0.637. The second-order valence-electron chi connectivity index (χ2n) is 2.67. The molecule has 12 heavy (non-hydrogen) atoms. The maximum Gasteiger partial charge on any atom is 0.225 e. The molecule has 0 aliphatic carbocycles. The summed E-state index contributed by atoms with van der Waals surface area (Å²) in [4.78, 5) is 11.4. The van der Waals surface area contributed by atoms with Crippen LogP contribution in [0.3, 0.4) is 0 Å². The highest BCUT2D eigenvalue weighted by Gasteiger charge is 2.21. The van der Waals surface area contributed by atoms with Crippen LogP contribution in [0.15, 0.2) is 11.8 Å². The third-order valence-electron chi connectivity index (χ3n) is 1.73. The van der Waals surface area contributed by atoms with E-state index in [4.69, 9.17) is 9.47 Å². The summed E-state index contributed by atoms with van der Waals surface area (Å²) in [7, 11) is 0. The Labute approximate surface area is 72.4 Å². The van der Waals surface area contributed by atoms with Crippen molar-refractivity contribution in [2.75, 3.05) is 13.2 Å². The maximum absolute atomic E-state index is 11.4. The molecular formula is C9H14O3. The summed E-state index contributed by atoms with van der Waals surface area (Å²) >= 11 is 0. The zero-order chi connectivity index (χ0) is 8.97. The SMILES string of the molecule is CCOC(C)C(=O)C1=CCCO1. The van der Waals surface area contributed by atoms with Crippen LogP contribution in [0.2, 0.25) is 0 Å². The second-order valence-corrected chi connectivity index (χ2v) is 2.67. The van der Waals surface area contributed by atoms with Crippen molar-refractivity contribution in [2.45, 2.75) is 26.4 Å². The van der Waals surface area contributed by atoms with Crippen molar-refractivity contribution < 1.29 is 14.3 Å². The molecule has 68 valence electrons. The number of rotatable bonds is 4. The molecule has 1 rings (SSSR count). The minimum Gasteiger partial charge on any atom is -0.490 e. The standard InChI is InChI=1S/C9H14O3/c1-3-11-7(2)9(10)8-5-4-6-12-8/h5,7H,3-4,6H2,1-2H3. The summed E-state index contributed by atoms with van der Waals surface area (Å²) in [6.07, 6.45) is 2.27. The zero-order valence-corrected chi connectivity index (χ0v) is 7.50. The molecule has 0 N–H and O–H groups in total. The Morgan fingerprint density at radius 2 is 2.58 bits per heavy atom. The van der Waals surface area contributed by atoms with Crippen molar-refractivity contribution >= 4 is 5.78 Å². The monoisotopic (exact) mass is 170 g/mol. The molecule has 3 nitrogen and oxygen atoms in total. The van der Waals surface area contributed by atoms with Gasteiger partial charge in [-0.15, -0.1) is 0 Å². The number of hydrogen-bond acceptors (Lipinski definition) is 3. The third-order valence-corrected chi connectivity index (χ3v) is 1.73. The lowest BCUT2D eigenvalue weighted by atomic mass is 10.2. The van der Waals surface area contributed by atoms with Gasteiger partial charge in [-0.3, -0.25) is 4.79 Å². The lowest BCUT2D eigenvalue weighted by molar-refractivity contribution is -0.128. The number of hydrogen-bond donors (Lipinski definition) is 0. The van der Waals surface area contributed by atoms with Gasteiger partial charge in [0.05, 0.1) is 6.61 Å². The molecule has 0 radical (unpaired) electrons. The fourth-order valence-electron chi connectivity index (χ4n) is 1.12. The van der Waals surface area contributed by atoms with Gasteiger partial charge in [0.2, 0.25) is 5.78 Å². The smallest absolute Gasteiger partial charge is 0.225 e. The van der Waals surface area contributed by atoms with Crippen LogP contribution >= 0.6 is 0 Å². The van der Waals surface area contributed by atoms with Gasteiger partial charge in [-0.05, 0) is 19.9 Å². The molecule has 1 aliphatic heterocycles. The molecule has 0 saturated heterocycles. The number of carbonyl (C=O) groups is 1. The maximum atomic E-state index is 11.4. The first-order valence-electron chi connectivity index (χ1n) is 4.24. The van der Waals surface area contributed by atoms with Crippen LogP contribution in [0.25, 0.3) is 0 Å². The highest BCUT2D eigenvalue weighted by Crippen LogP contribution is 2.12. The molecule has 3 heteroatoms. The summed E-state index contributed by atoms with van der Waals surface area (Å²) in [5.74, 6) is 0.422. The number of Topliss-reactive ketones (excluding diaryl/α,β-unsaturated/α-hetero) is 1. The summed E-state index contributed by atoms with van der Waals surface area (Å²) in [6, 6.07) is 0. The van der Waals surface area contributed by atoms with Crippen molar-refractivity contribution in [2.24, 2.45) is 0 Å². The summed E-state index contributed by atoms with van der Waals surface area (Å²) in [6.45, 7) is 4.79. The highest BCUT2D eigenvalue weighted by molar-refractivity contribution is 5.97. The molecular weight excluding hydrogens is 156 g/mol. The average molecular weight is 170 g/mol. The van der Waals surface area contributed by atoms with E-state index in [1.807, 2.05) is 13.0 Å². The van der Waals surface area contributed by atoms with Crippen LogP contribution < -0.4 is 0 Å². The van der Waals surface area contributed by atoms with Crippen molar-refractivity contribution in [3.8, 4) is 0 Å². The molecule has 0 aromatic heterocycles. The summed E-state index contributed by atoms with van der Waals surface area (Å²) in [5, 5.41) is 0. The first-order chi connectivity index (χ1) is 5.75. The van der Waals surface area contributed by atoms with Gasteiger partial charge in [0.15, 0.2) is 5.76 Å². The first-order valence-corrected chi connectivity index (χ1v) is 4.24. The Morgan fingerprint density at radius 1 is 1.83 bits per heavy atom. The van der Waals surface area contributed by atoms with Crippen LogP contribution in [-0.2, 0) is 14.3 Å². The van der Waals surface area contributed by atoms with Crippen LogP contribution in [-0.4, -0.2) is 25.1 Å². The minimum atomic E-state index is -0.376. The fourth-order valence-corrected chi connectivity index (χ4v) is 1.12. The highest BCUT2D eigenvalue weighted by atomic mass is 16.5. The topological polar surface area (TPSA) is 35.5 Å². The number of ketones is 1. The van der Waals surface area contributed by atoms with Crippen LogP contribution in [0, 0.1) is 0 Å². The average Bonchev–Trinajstić information content (AvgIpc) is 2.55. The van der Waals surface area contributed by atoms with Crippen molar-refractivity contribution in [1.82, 2.24) is 0 Å². The van der Waals surface area contributed by atoms with Crippen molar-refractivity contribution in [3.05, 3.63) is 11.8 Å². The van der Waals surface area contributed by atoms with E-state index in [0.29, 0.717) is 19.0 Å². The predicted molar refractivity (Wildman–Crippen MR) is 44.7 cm³/mol. The third kappa shape index (κ3) is 2.08. The van der Waals surface area contributed by atoms with E-state index in [-0.39, 0.29) is 11.9 Å². The molecule has 1 atom stereocenters. The second kappa shape index (κ2) is 4.26. The van der Waals surface area contributed by atoms with Gasteiger partial charge in [0, 0.05) is 13.0 Å². The molecule has 1 aliphatic rings. The number of ether oxygens (including phenoxy) is 2. The van der Waals surface area contributed by atoms with Gasteiger partial charge in [-0.1, -0.05) is 0 Å². The summed E-state index contributed by atoms with van der Waals surface area (Å²) in [5.41, 5.74) is 0. The largest absolute Gasteiger partial charge is 0.490 e. The van der Waals surface area contributed by atoms with E-state index in [2.05, 4.69) is 0 Å². The Hall–Kier alpha value is -0.830. The lowest BCUT2D eigenvalue weighted by Gasteiger charge is -2.10. The van der Waals surface area contributed by atoms with Gasteiger partial charge in [-0.25, -0.2) is 0 Å². The van der Waals surface area contributed by atoms with Crippen molar-refractivity contribution in [3.63, 3.8) is 0 Å². The molecule has 0 saturated carbocycles. The Kier molecular flexibility index (Phi) is 3.29. The van der Waals surface area contributed by atoms with Gasteiger partial charge >= 0.3 is 0 Å². The van der Waals surface area contributed by atoms with Crippen LogP contribution in [0.1, 0.15) is 20.3 Å². The van der Waals surface area contributed by atoms with E-state index in [9.17, 15) is 4.79 Å². The molecule has 0 amide bonds. The Balaban J connectivity index is 2.45. The molecule has 1 unspecified atom stereocenters. The van der Waals surface area contributed by atoms with E-state index < -0.39 is 0 Å². The molecule has 1 heterocycles. The minimum absolute atomic E-state index is 0.0469. The molecule has 0 spiro atoms. The zero-order valence-electron chi connectivity index (χ0n) is 7.50. The summed E-state index contributed by atoms with van der Waals surface area (Å²) < 4.78 is 10.3. The lowest BCUT2D eigenvalue weighted by Crippen LogP contribution is -2.22. The van der Waals surface area contributed by atoms with E-state index in [1.54, 1.807) is 6.92 Å². The van der Waals surface area contributed by atoms with Crippen LogP contribution in [0.4, 0.5) is 0 Å². The van der Waals surface area contributed by atoms with Gasteiger partial charge in [-0.2, -0.15) is 0 Å². The molecule has 0 aromatic carbocycles. The predicted octanol–water partition coefficient (Wildman–Crippen LogP) is 1.28.